The highest BCUT2D eigenvalue weighted by molar-refractivity contribution is 6.30. The van der Waals surface area contributed by atoms with Crippen molar-refractivity contribution in [1.29, 1.82) is 0 Å². The first-order valence-corrected chi connectivity index (χ1v) is 10.4. The van der Waals surface area contributed by atoms with Crippen LogP contribution in [0.1, 0.15) is 19.4 Å². The van der Waals surface area contributed by atoms with E-state index in [1.54, 1.807) is 6.20 Å². The molecular weight excluding hydrogens is 400 g/mol. The standard InChI is InChI=1S/C24H25ClN2O3/c1-3-29-22-20(30-15-16-8-10-17(25)11-9-16)7-4-12-24(22,2)21(28)19-14-27-23-18(19)6-5-13-26-23/h4-14,22-23,26-27H,3,15H2,1-2H3. The molecule has 0 radical (unpaired) electrons. The molecule has 0 saturated heterocycles. The number of rotatable bonds is 7. The fourth-order valence-corrected chi connectivity index (χ4v) is 4.04. The minimum Gasteiger partial charge on any atom is -0.490 e. The van der Waals surface area contributed by atoms with Gasteiger partial charge in [0.25, 0.3) is 0 Å². The van der Waals surface area contributed by atoms with Crippen LogP contribution in [-0.4, -0.2) is 24.7 Å². The second-order valence-corrected chi connectivity index (χ2v) is 8.03. The van der Waals surface area contributed by atoms with Gasteiger partial charge in [-0.1, -0.05) is 42.0 Å². The Bertz CT molecular complexity index is 975. The quantitative estimate of drug-likeness (QED) is 0.688. The van der Waals surface area contributed by atoms with Gasteiger partial charge in [0.05, 0.1) is 5.41 Å². The summed E-state index contributed by atoms with van der Waals surface area (Å²) in [4.78, 5) is 13.7. The number of ether oxygens (including phenoxy) is 2. The molecule has 1 aromatic rings. The van der Waals surface area contributed by atoms with E-state index in [-0.39, 0.29) is 11.9 Å². The van der Waals surface area contributed by atoms with Crippen molar-refractivity contribution in [2.45, 2.75) is 32.7 Å². The predicted octanol–water partition coefficient (Wildman–Crippen LogP) is 4.15. The van der Waals surface area contributed by atoms with Crippen molar-refractivity contribution >= 4 is 17.4 Å². The lowest BCUT2D eigenvalue weighted by atomic mass is 9.73. The lowest BCUT2D eigenvalue weighted by Crippen LogP contribution is -2.44. The lowest BCUT2D eigenvalue weighted by Gasteiger charge is -2.37. The van der Waals surface area contributed by atoms with Crippen LogP contribution in [0.2, 0.25) is 5.02 Å². The van der Waals surface area contributed by atoms with Crippen molar-refractivity contribution in [2.75, 3.05) is 6.61 Å². The SMILES string of the molecule is CCOC1C(OCc2ccc(Cl)cc2)=CC=CC1(C)C(=O)C1=CNC2NC=CC=C12. The third kappa shape index (κ3) is 3.83. The first kappa shape index (κ1) is 20.5. The van der Waals surface area contributed by atoms with E-state index in [1.807, 2.05) is 74.7 Å². The maximum Gasteiger partial charge on any atom is 0.177 e. The topological polar surface area (TPSA) is 59.6 Å². The molecule has 5 nitrogen and oxygen atoms in total. The molecule has 0 spiro atoms. The number of nitrogens with one attached hydrogen (secondary N) is 2. The Morgan fingerprint density at radius 2 is 1.97 bits per heavy atom. The van der Waals surface area contributed by atoms with Gasteiger partial charge < -0.3 is 20.1 Å². The molecule has 156 valence electrons. The van der Waals surface area contributed by atoms with E-state index in [0.29, 0.717) is 29.6 Å². The van der Waals surface area contributed by atoms with Crippen LogP contribution in [0.25, 0.3) is 0 Å². The van der Waals surface area contributed by atoms with Crippen molar-refractivity contribution in [1.82, 2.24) is 10.6 Å². The molecular formula is C24H25ClN2O3. The van der Waals surface area contributed by atoms with E-state index in [1.165, 1.54) is 0 Å². The van der Waals surface area contributed by atoms with Gasteiger partial charge in [0, 0.05) is 29.0 Å². The summed E-state index contributed by atoms with van der Waals surface area (Å²) in [5.74, 6) is 0.639. The molecule has 3 unspecified atom stereocenters. The average molecular weight is 425 g/mol. The Hall–Kier alpha value is -2.76. The molecule has 30 heavy (non-hydrogen) atoms. The normalized spacial score (nSPS) is 26.7. The average Bonchev–Trinajstić information content (AvgIpc) is 3.19. The summed E-state index contributed by atoms with van der Waals surface area (Å²) in [6.07, 6.45) is 12.6. The first-order valence-electron chi connectivity index (χ1n) is 10.1. The van der Waals surface area contributed by atoms with Gasteiger partial charge in [-0.15, -0.1) is 0 Å². The van der Waals surface area contributed by atoms with Crippen LogP contribution in [0.5, 0.6) is 0 Å². The van der Waals surface area contributed by atoms with Crippen molar-refractivity contribution < 1.29 is 14.3 Å². The highest BCUT2D eigenvalue weighted by atomic mass is 35.5. The zero-order chi connectivity index (χ0) is 21.1. The number of Topliss-reactive ketones (excluding diaryl/α,β-unsaturated/α-hetero) is 1. The summed E-state index contributed by atoms with van der Waals surface area (Å²) in [6.45, 7) is 4.67. The Morgan fingerprint density at radius 3 is 2.73 bits per heavy atom. The highest BCUT2D eigenvalue weighted by Gasteiger charge is 2.47. The van der Waals surface area contributed by atoms with Crippen molar-refractivity contribution in [3.8, 4) is 0 Å². The van der Waals surface area contributed by atoms with Gasteiger partial charge >= 0.3 is 0 Å². The molecule has 2 aliphatic heterocycles. The molecule has 0 amide bonds. The largest absolute Gasteiger partial charge is 0.490 e. The molecule has 0 bridgehead atoms. The third-order valence-corrected chi connectivity index (χ3v) is 5.80. The van der Waals surface area contributed by atoms with E-state index >= 15 is 0 Å². The second kappa shape index (κ2) is 8.54. The summed E-state index contributed by atoms with van der Waals surface area (Å²) in [7, 11) is 0. The minimum atomic E-state index is -0.884. The van der Waals surface area contributed by atoms with Crippen LogP contribution < -0.4 is 10.6 Å². The summed E-state index contributed by atoms with van der Waals surface area (Å²) in [5.41, 5.74) is 1.71. The fourth-order valence-electron chi connectivity index (χ4n) is 3.91. The van der Waals surface area contributed by atoms with Gasteiger partial charge in [-0.2, -0.15) is 0 Å². The van der Waals surface area contributed by atoms with E-state index in [0.717, 1.165) is 11.1 Å². The Kier molecular flexibility index (Phi) is 5.84. The third-order valence-electron chi connectivity index (χ3n) is 5.54. The highest BCUT2D eigenvalue weighted by Crippen LogP contribution is 2.40. The van der Waals surface area contributed by atoms with E-state index in [4.69, 9.17) is 21.1 Å². The Morgan fingerprint density at radius 1 is 1.17 bits per heavy atom. The molecule has 0 saturated carbocycles. The van der Waals surface area contributed by atoms with Gasteiger partial charge in [-0.25, -0.2) is 0 Å². The first-order chi connectivity index (χ1) is 14.5. The van der Waals surface area contributed by atoms with Crippen LogP contribution in [0.3, 0.4) is 0 Å². The molecule has 3 atom stereocenters. The second-order valence-electron chi connectivity index (χ2n) is 7.60. The van der Waals surface area contributed by atoms with E-state index in [2.05, 4.69) is 10.6 Å². The molecule has 6 heteroatoms. The molecule has 0 aromatic heterocycles. The maximum atomic E-state index is 13.7. The summed E-state index contributed by atoms with van der Waals surface area (Å²) in [6, 6.07) is 7.51. The van der Waals surface area contributed by atoms with Crippen LogP contribution in [0.4, 0.5) is 0 Å². The van der Waals surface area contributed by atoms with Gasteiger partial charge in [0.2, 0.25) is 0 Å². The number of hydrogen-bond acceptors (Lipinski definition) is 5. The number of hydrogen-bond donors (Lipinski definition) is 2. The molecule has 3 aliphatic rings. The summed E-state index contributed by atoms with van der Waals surface area (Å²) < 4.78 is 12.2. The lowest BCUT2D eigenvalue weighted by molar-refractivity contribution is -0.129. The van der Waals surface area contributed by atoms with Crippen LogP contribution in [0, 0.1) is 5.41 Å². The number of fused-ring (bicyclic) bond motifs is 1. The predicted molar refractivity (Wildman–Crippen MR) is 117 cm³/mol. The van der Waals surface area contributed by atoms with Gasteiger partial charge in [0.15, 0.2) is 5.78 Å². The summed E-state index contributed by atoms with van der Waals surface area (Å²) in [5, 5.41) is 7.11. The summed E-state index contributed by atoms with van der Waals surface area (Å²) >= 11 is 5.97. The van der Waals surface area contributed by atoms with Crippen LogP contribution in [0.15, 0.2) is 84.0 Å². The van der Waals surface area contributed by atoms with E-state index in [9.17, 15) is 4.79 Å². The zero-order valence-corrected chi connectivity index (χ0v) is 17.8. The Balaban J connectivity index is 1.56. The number of allylic oxidation sites excluding steroid dienone is 4. The van der Waals surface area contributed by atoms with Gasteiger partial charge in [-0.05, 0) is 49.9 Å². The van der Waals surface area contributed by atoms with Crippen molar-refractivity contribution in [2.24, 2.45) is 5.41 Å². The van der Waals surface area contributed by atoms with Gasteiger partial charge in [-0.3, -0.25) is 4.79 Å². The molecule has 1 aromatic carbocycles. The molecule has 2 N–H and O–H groups in total. The van der Waals surface area contributed by atoms with Crippen LogP contribution in [-0.2, 0) is 20.9 Å². The van der Waals surface area contributed by atoms with Crippen molar-refractivity contribution in [3.63, 3.8) is 0 Å². The number of ketones is 1. The fraction of sp³-hybridized carbons (Fsp3) is 0.292. The number of dihydropyridines is 1. The number of carbonyl (C=O) groups is 1. The van der Waals surface area contributed by atoms with Gasteiger partial charge in [0.1, 0.15) is 24.6 Å². The number of carbonyl (C=O) groups excluding carboxylic acids is 1. The number of halogens is 1. The molecule has 0 fully saturated rings. The van der Waals surface area contributed by atoms with Crippen LogP contribution >= 0.6 is 11.6 Å². The number of benzene rings is 1. The van der Waals surface area contributed by atoms with E-state index < -0.39 is 11.5 Å². The maximum absolute atomic E-state index is 13.7. The van der Waals surface area contributed by atoms with Crippen molar-refractivity contribution in [3.05, 3.63) is 94.5 Å². The Labute approximate surface area is 181 Å². The zero-order valence-electron chi connectivity index (χ0n) is 17.0. The smallest absolute Gasteiger partial charge is 0.177 e. The monoisotopic (exact) mass is 424 g/mol. The molecule has 1 aliphatic carbocycles. The molecule has 2 heterocycles. The molecule has 4 rings (SSSR count). The minimum absolute atomic E-state index is 0.00348.